The van der Waals surface area contributed by atoms with Crippen molar-refractivity contribution in [1.82, 2.24) is 10.2 Å². The Balaban J connectivity index is 1.72. The van der Waals surface area contributed by atoms with Gasteiger partial charge in [0.05, 0.1) is 0 Å². The summed E-state index contributed by atoms with van der Waals surface area (Å²) in [7, 11) is 0. The predicted octanol–water partition coefficient (Wildman–Crippen LogP) is 1.83. The van der Waals surface area contributed by atoms with Gasteiger partial charge in [-0.15, -0.1) is 11.8 Å². The van der Waals surface area contributed by atoms with Gasteiger partial charge in [0.2, 0.25) is 11.8 Å². The summed E-state index contributed by atoms with van der Waals surface area (Å²) < 4.78 is 0. The minimum atomic E-state index is -0.420. The Morgan fingerprint density at radius 1 is 1.24 bits per heavy atom. The van der Waals surface area contributed by atoms with Gasteiger partial charge in [-0.05, 0) is 31.9 Å². The first kappa shape index (κ1) is 14.4. The number of hydrogen-bond donors (Lipinski definition) is 1. The van der Waals surface area contributed by atoms with Crippen molar-refractivity contribution < 1.29 is 9.59 Å². The minimum absolute atomic E-state index is 0.0323. The first-order chi connectivity index (χ1) is 10.0. The van der Waals surface area contributed by atoms with E-state index >= 15 is 0 Å². The molecule has 3 unspecified atom stereocenters. The summed E-state index contributed by atoms with van der Waals surface area (Å²) >= 11 is 1.84. The molecule has 4 nitrogen and oxygen atoms in total. The van der Waals surface area contributed by atoms with Gasteiger partial charge in [-0.1, -0.05) is 18.2 Å². The molecule has 2 heterocycles. The van der Waals surface area contributed by atoms with Crippen LogP contribution in [0.4, 0.5) is 0 Å². The van der Waals surface area contributed by atoms with E-state index in [-0.39, 0.29) is 17.9 Å². The van der Waals surface area contributed by atoms with Crippen LogP contribution in [0.1, 0.15) is 25.8 Å². The first-order valence-electron chi connectivity index (χ1n) is 7.39. The van der Waals surface area contributed by atoms with Crippen LogP contribution in [0, 0.1) is 0 Å². The van der Waals surface area contributed by atoms with Gasteiger partial charge < -0.3 is 10.2 Å². The zero-order valence-corrected chi connectivity index (χ0v) is 13.2. The second-order valence-electron chi connectivity index (χ2n) is 5.88. The molecule has 2 amide bonds. The smallest absolute Gasteiger partial charge is 0.245 e. The molecule has 21 heavy (non-hydrogen) atoms. The molecule has 1 N–H and O–H groups in total. The molecule has 1 fully saturated rings. The lowest BCUT2D eigenvalue weighted by atomic mass is 10.1. The van der Waals surface area contributed by atoms with Gasteiger partial charge in [0.15, 0.2) is 0 Å². The number of nitrogens with zero attached hydrogens (tertiary/aromatic N) is 1. The second-order valence-corrected chi connectivity index (χ2v) is 7.23. The summed E-state index contributed by atoms with van der Waals surface area (Å²) in [6.45, 7) is 4.43. The Morgan fingerprint density at radius 3 is 2.76 bits per heavy atom. The standard InChI is InChI=1S/C16H20N2O2S/c1-10-7-15(19)17-11(2)16(20)18(10)9-13-8-12-5-3-4-6-14(12)21-13/h3-6,10-11,13H,7-9H2,1-2H3,(H,17,19). The van der Waals surface area contributed by atoms with E-state index in [1.807, 2.05) is 23.6 Å². The van der Waals surface area contributed by atoms with Crippen molar-refractivity contribution in [2.24, 2.45) is 0 Å². The number of fused-ring (bicyclic) bond motifs is 1. The zero-order valence-electron chi connectivity index (χ0n) is 12.3. The van der Waals surface area contributed by atoms with Crippen LogP contribution in [0.2, 0.25) is 0 Å². The molecule has 0 aromatic heterocycles. The number of rotatable bonds is 2. The second kappa shape index (κ2) is 5.72. The van der Waals surface area contributed by atoms with Crippen molar-refractivity contribution in [1.29, 1.82) is 0 Å². The summed E-state index contributed by atoms with van der Waals surface area (Å²) in [5.74, 6) is -0.00174. The summed E-state index contributed by atoms with van der Waals surface area (Å²) in [4.78, 5) is 27.4. The molecule has 1 aromatic carbocycles. The molecule has 1 saturated heterocycles. The van der Waals surface area contributed by atoms with E-state index in [2.05, 4.69) is 29.6 Å². The molecule has 2 aliphatic rings. The maximum atomic E-state index is 12.5. The molecular weight excluding hydrogens is 284 g/mol. The molecule has 0 bridgehead atoms. The maximum absolute atomic E-state index is 12.5. The van der Waals surface area contributed by atoms with Crippen molar-refractivity contribution >= 4 is 23.6 Å². The average Bonchev–Trinajstić information content (AvgIpc) is 2.82. The van der Waals surface area contributed by atoms with Gasteiger partial charge in [-0.3, -0.25) is 9.59 Å². The Labute approximate surface area is 129 Å². The fourth-order valence-corrected chi connectivity index (χ4v) is 4.37. The molecule has 112 valence electrons. The number of benzene rings is 1. The third-order valence-electron chi connectivity index (χ3n) is 4.16. The van der Waals surface area contributed by atoms with Gasteiger partial charge in [0, 0.05) is 29.2 Å². The van der Waals surface area contributed by atoms with Crippen LogP contribution in [0.3, 0.4) is 0 Å². The third kappa shape index (κ3) is 2.93. The number of hydrogen-bond acceptors (Lipinski definition) is 3. The normalized spacial score (nSPS) is 29.0. The van der Waals surface area contributed by atoms with E-state index in [0.29, 0.717) is 18.2 Å². The van der Waals surface area contributed by atoms with Crippen LogP contribution in [0.15, 0.2) is 29.2 Å². The lowest BCUT2D eigenvalue weighted by molar-refractivity contribution is -0.134. The van der Waals surface area contributed by atoms with Crippen LogP contribution in [0.25, 0.3) is 0 Å². The Hall–Kier alpha value is -1.49. The van der Waals surface area contributed by atoms with E-state index in [0.717, 1.165) is 6.42 Å². The number of amides is 2. The van der Waals surface area contributed by atoms with Crippen LogP contribution in [-0.4, -0.2) is 40.6 Å². The summed E-state index contributed by atoms with van der Waals surface area (Å²) in [6.07, 6.45) is 1.38. The highest BCUT2D eigenvalue weighted by atomic mass is 32.2. The number of nitrogens with one attached hydrogen (secondary N) is 1. The van der Waals surface area contributed by atoms with Gasteiger partial charge in [-0.2, -0.15) is 0 Å². The van der Waals surface area contributed by atoms with Gasteiger partial charge >= 0.3 is 0 Å². The van der Waals surface area contributed by atoms with Gasteiger partial charge in [-0.25, -0.2) is 0 Å². The lowest BCUT2D eigenvalue weighted by Gasteiger charge is -2.30. The van der Waals surface area contributed by atoms with Crippen molar-refractivity contribution in [2.75, 3.05) is 6.54 Å². The fourth-order valence-electron chi connectivity index (χ4n) is 3.05. The number of thioether (sulfide) groups is 1. The molecule has 0 aliphatic carbocycles. The molecule has 2 aliphatic heterocycles. The highest BCUT2D eigenvalue weighted by Crippen LogP contribution is 2.37. The maximum Gasteiger partial charge on any atom is 0.245 e. The molecule has 0 saturated carbocycles. The van der Waals surface area contributed by atoms with Crippen LogP contribution in [-0.2, 0) is 16.0 Å². The van der Waals surface area contributed by atoms with Crippen LogP contribution >= 0.6 is 11.8 Å². The first-order valence-corrected chi connectivity index (χ1v) is 8.27. The topological polar surface area (TPSA) is 49.4 Å². The average molecular weight is 304 g/mol. The van der Waals surface area contributed by atoms with Crippen molar-refractivity contribution in [3.8, 4) is 0 Å². The van der Waals surface area contributed by atoms with Crippen molar-refractivity contribution in [2.45, 2.75) is 48.9 Å². The predicted molar refractivity (Wildman–Crippen MR) is 83.2 cm³/mol. The lowest BCUT2D eigenvalue weighted by Crippen LogP contribution is -2.47. The monoisotopic (exact) mass is 304 g/mol. The molecule has 1 aromatic rings. The van der Waals surface area contributed by atoms with Gasteiger partial charge in [0.1, 0.15) is 6.04 Å². The third-order valence-corrected chi connectivity index (χ3v) is 5.46. The molecule has 3 atom stereocenters. The Kier molecular flexibility index (Phi) is 3.93. The molecule has 3 rings (SSSR count). The van der Waals surface area contributed by atoms with Crippen molar-refractivity contribution in [3.63, 3.8) is 0 Å². The Bertz CT molecular complexity index is 550. The van der Waals surface area contributed by atoms with Crippen LogP contribution < -0.4 is 5.32 Å². The molecule has 5 heteroatoms. The minimum Gasteiger partial charge on any atom is -0.345 e. The largest absolute Gasteiger partial charge is 0.345 e. The van der Waals surface area contributed by atoms with E-state index in [4.69, 9.17) is 0 Å². The quantitative estimate of drug-likeness (QED) is 0.907. The number of carbonyl (C=O) groups is 2. The Morgan fingerprint density at radius 2 is 2.00 bits per heavy atom. The number of carbonyl (C=O) groups excluding carboxylic acids is 2. The van der Waals surface area contributed by atoms with E-state index in [1.54, 1.807) is 6.92 Å². The highest BCUT2D eigenvalue weighted by molar-refractivity contribution is 8.00. The molecule has 0 spiro atoms. The summed E-state index contributed by atoms with van der Waals surface area (Å²) in [5.41, 5.74) is 1.37. The SMILES string of the molecule is CC1NC(=O)CC(C)N(CC2Cc3ccccc3S2)C1=O. The highest BCUT2D eigenvalue weighted by Gasteiger charge is 2.34. The van der Waals surface area contributed by atoms with E-state index in [9.17, 15) is 9.59 Å². The zero-order chi connectivity index (χ0) is 15.0. The van der Waals surface area contributed by atoms with E-state index < -0.39 is 6.04 Å². The van der Waals surface area contributed by atoms with Crippen molar-refractivity contribution in [3.05, 3.63) is 29.8 Å². The fraction of sp³-hybridized carbons (Fsp3) is 0.500. The summed E-state index contributed by atoms with van der Waals surface area (Å²) in [5, 5.41) is 3.14. The van der Waals surface area contributed by atoms with Crippen LogP contribution in [0.5, 0.6) is 0 Å². The summed E-state index contributed by atoms with van der Waals surface area (Å²) in [6, 6.07) is 7.96. The molecular formula is C16H20N2O2S. The molecule has 0 radical (unpaired) electrons. The van der Waals surface area contributed by atoms with Gasteiger partial charge in [0.25, 0.3) is 0 Å². The van der Waals surface area contributed by atoms with E-state index in [1.165, 1.54) is 10.5 Å².